The molecule has 0 aliphatic rings. The lowest BCUT2D eigenvalue weighted by Gasteiger charge is -2.10. The zero-order valence-electron chi connectivity index (χ0n) is 6.60. The molecule has 0 aliphatic heterocycles. The molecule has 0 aliphatic carbocycles. The van der Waals surface area contributed by atoms with Gasteiger partial charge in [-0.15, -0.1) is 0 Å². The van der Waals surface area contributed by atoms with E-state index in [0.717, 1.165) is 4.31 Å². The first kappa shape index (κ1) is 9.24. The maximum Gasteiger partial charge on any atom is 0.277 e. The van der Waals surface area contributed by atoms with Crippen LogP contribution < -0.4 is 5.14 Å². The Bertz CT molecular complexity index is 330. The molecule has 0 spiro atoms. The van der Waals surface area contributed by atoms with Crippen LogP contribution in [0, 0.1) is 0 Å². The summed E-state index contributed by atoms with van der Waals surface area (Å²) in [6, 6.07) is 3.37. The molecule has 0 aromatic carbocycles. The van der Waals surface area contributed by atoms with Crippen LogP contribution in [0.2, 0.25) is 0 Å². The van der Waals surface area contributed by atoms with Crippen molar-refractivity contribution in [2.75, 3.05) is 7.05 Å². The normalized spacial score (nSPS) is 12.2. The SMILES string of the molecule is CN(Cc1ccco1)S(N)(=O)=O. The third-order valence-electron chi connectivity index (χ3n) is 1.39. The third kappa shape index (κ3) is 2.33. The second-order valence-corrected chi connectivity index (χ2v) is 4.03. The first-order valence-corrected chi connectivity index (χ1v) is 4.77. The average Bonchev–Trinajstić information content (AvgIpc) is 2.37. The van der Waals surface area contributed by atoms with E-state index in [1.807, 2.05) is 0 Å². The van der Waals surface area contributed by atoms with Gasteiger partial charge in [0.05, 0.1) is 12.8 Å². The van der Waals surface area contributed by atoms with Crippen LogP contribution in [0.15, 0.2) is 22.8 Å². The molecule has 1 heterocycles. The Kier molecular flexibility index (Phi) is 2.51. The monoisotopic (exact) mass is 190 g/mol. The Hall–Kier alpha value is -0.850. The zero-order valence-corrected chi connectivity index (χ0v) is 7.41. The van der Waals surface area contributed by atoms with Gasteiger partial charge >= 0.3 is 0 Å². The Morgan fingerprint density at radius 3 is 2.75 bits per heavy atom. The minimum absolute atomic E-state index is 0.159. The molecule has 5 nitrogen and oxygen atoms in total. The summed E-state index contributed by atoms with van der Waals surface area (Å²) in [4.78, 5) is 0. The van der Waals surface area contributed by atoms with Gasteiger partial charge < -0.3 is 4.42 Å². The maximum atomic E-state index is 10.7. The van der Waals surface area contributed by atoms with Gasteiger partial charge in [0.2, 0.25) is 0 Å². The van der Waals surface area contributed by atoms with E-state index in [0.29, 0.717) is 5.76 Å². The molecule has 0 atom stereocenters. The molecule has 2 N–H and O–H groups in total. The molecular formula is C6H10N2O3S. The van der Waals surface area contributed by atoms with Gasteiger partial charge in [0.1, 0.15) is 5.76 Å². The first-order chi connectivity index (χ1) is 5.50. The summed E-state index contributed by atoms with van der Waals surface area (Å²) in [5.41, 5.74) is 0. The molecule has 0 unspecified atom stereocenters. The first-order valence-electron chi connectivity index (χ1n) is 3.26. The van der Waals surface area contributed by atoms with E-state index in [4.69, 9.17) is 9.56 Å². The number of nitrogens with two attached hydrogens (primary N) is 1. The standard InChI is InChI=1S/C6H10N2O3S/c1-8(12(7,9)10)5-6-3-2-4-11-6/h2-4H,5H2,1H3,(H2,7,9,10). The number of furan rings is 1. The molecule has 0 radical (unpaired) electrons. The highest BCUT2D eigenvalue weighted by atomic mass is 32.2. The van der Waals surface area contributed by atoms with Crippen LogP contribution in [0.1, 0.15) is 5.76 Å². The van der Waals surface area contributed by atoms with Crippen molar-refractivity contribution >= 4 is 10.2 Å². The number of nitrogens with zero attached hydrogens (tertiary/aromatic N) is 1. The maximum absolute atomic E-state index is 10.7. The fraction of sp³-hybridized carbons (Fsp3) is 0.333. The smallest absolute Gasteiger partial charge is 0.277 e. The summed E-state index contributed by atoms with van der Waals surface area (Å²) < 4.78 is 27.4. The van der Waals surface area contributed by atoms with Gasteiger partial charge in [-0.2, -0.15) is 12.7 Å². The lowest BCUT2D eigenvalue weighted by Crippen LogP contribution is -2.32. The Morgan fingerprint density at radius 2 is 2.33 bits per heavy atom. The molecule has 0 saturated carbocycles. The number of hydrogen-bond acceptors (Lipinski definition) is 3. The predicted octanol–water partition coefficient (Wildman–Crippen LogP) is -0.0851. The second kappa shape index (κ2) is 3.26. The lowest BCUT2D eigenvalue weighted by molar-refractivity contribution is 0.407. The van der Waals surface area contributed by atoms with Crippen molar-refractivity contribution in [3.8, 4) is 0 Å². The van der Waals surface area contributed by atoms with E-state index in [1.165, 1.54) is 13.3 Å². The lowest BCUT2D eigenvalue weighted by atomic mass is 10.4. The number of rotatable bonds is 3. The van der Waals surface area contributed by atoms with E-state index < -0.39 is 10.2 Å². The Labute approximate surface area is 71.0 Å². The molecule has 1 aromatic rings. The fourth-order valence-electron chi connectivity index (χ4n) is 0.712. The molecule has 1 aromatic heterocycles. The fourth-order valence-corrected chi connectivity index (χ4v) is 1.02. The largest absolute Gasteiger partial charge is 0.468 e. The summed E-state index contributed by atoms with van der Waals surface area (Å²) >= 11 is 0. The van der Waals surface area contributed by atoms with Gasteiger partial charge in [-0.1, -0.05) is 0 Å². The highest BCUT2D eigenvalue weighted by Gasteiger charge is 2.12. The van der Waals surface area contributed by atoms with Gasteiger partial charge in [-0.25, -0.2) is 5.14 Å². The van der Waals surface area contributed by atoms with Crippen LogP contribution in [0.5, 0.6) is 0 Å². The highest BCUT2D eigenvalue weighted by Crippen LogP contribution is 2.04. The van der Waals surface area contributed by atoms with E-state index in [9.17, 15) is 8.42 Å². The summed E-state index contributed by atoms with van der Waals surface area (Å²) in [5, 5.41) is 4.85. The van der Waals surface area contributed by atoms with E-state index in [1.54, 1.807) is 12.1 Å². The van der Waals surface area contributed by atoms with Crippen molar-refractivity contribution in [3.63, 3.8) is 0 Å². The van der Waals surface area contributed by atoms with Crippen LogP contribution >= 0.6 is 0 Å². The van der Waals surface area contributed by atoms with Gasteiger partial charge in [-0.3, -0.25) is 0 Å². The van der Waals surface area contributed by atoms with Gasteiger partial charge in [0.25, 0.3) is 10.2 Å². The van der Waals surface area contributed by atoms with Crippen molar-refractivity contribution < 1.29 is 12.8 Å². The van der Waals surface area contributed by atoms with Crippen LogP contribution in [-0.2, 0) is 16.8 Å². The van der Waals surface area contributed by atoms with Crippen molar-refractivity contribution in [2.45, 2.75) is 6.54 Å². The molecule has 0 fully saturated rings. The molecule has 12 heavy (non-hydrogen) atoms. The van der Waals surface area contributed by atoms with Crippen LogP contribution in [-0.4, -0.2) is 19.8 Å². The van der Waals surface area contributed by atoms with Crippen LogP contribution in [0.3, 0.4) is 0 Å². The van der Waals surface area contributed by atoms with Gasteiger partial charge in [0, 0.05) is 7.05 Å². The van der Waals surface area contributed by atoms with Crippen molar-refractivity contribution in [3.05, 3.63) is 24.2 Å². The molecule has 68 valence electrons. The van der Waals surface area contributed by atoms with E-state index in [2.05, 4.69) is 0 Å². The van der Waals surface area contributed by atoms with Crippen LogP contribution in [0.4, 0.5) is 0 Å². The summed E-state index contributed by atoms with van der Waals surface area (Å²) in [6.45, 7) is 0.159. The molecule has 6 heteroatoms. The minimum Gasteiger partial charge on any atom is -0.468 e. The van der Waals surface area contributed by atoms with Gasteiger partial charge in [-0.05, 0) is 12.1 Å². The molecule has 0 saturated heterocycles. The summed E-state index contributed by atoms with van der Waals surface area (Å²) in [6.07, 6.45) is 1.48. The molecule has 1 rings (SSSR count). The summed E-state index contributed by atoms with van der Waals surface area (Å²) in [5.74, 6) is 0.562. The second-order valence-electron chi connectivity index (χ2n) is 2.38. The minimum atomic E-state index is -3.61. The number of hydrogen-bond donors (Lipinski definition) is 1. The average molecular weight is 190 g/mol. The topological polar surface area (TPSA) is 76.5 Å². The third-order valence-corrected chi connectivity index (χ3v) is 2.39. The molecule has 0 bridgehead atoms. The molecular weight excluding hydrogens is 180 g/mol. The van der Waals surface area contributed by atoms with Crippen molar-refractivity contribution in [1.82, 2.24) is 4.31 Å². The van der Waals surface area contributed by atoms with Crippen LogP contribution in [0.25, 0.3) is 0 Å². The summed E-state index contributed by atoms with van der Waals surface area (Å²) in [7, 11) is -2.22. The van der Waals surface area contributed by atoms with Gasteiger partial charge in [0.15, 0.2) is 0 Å². The Balaban J connectivity index is 2.66. The quantitative estimate of drug-likeness (QED) is 0.724. The molecule has 0 amide bonds. The Morgan fingerprint density at radius 1 is 1.67 bits per heavy atom. The van der Waals surface area contributed by atoms with E-state index in [-0.39, 0.29) is 6.54 Å². The highest BCUT2D eigenvalue weighted by molar-refractivity contribution is 7.86. The predicted molar refractivity (Wildman–Crippen MR) is 43.3 cm³/mol. The van der Waals surface area contributed by atoms with Crippen molar-refractivity contribution in [1.29, 1.82) is 0 Å². The van der Waals surface area contributed by atoms with E-state index >= 15 is 0 Å². The van der Waals surface area contributed by atoms with Crippen molar-refractivity contribution in [2.24, 2.45) is 5.14 Å². The zero-order chi connectivity index (χ0) is 9.19.